The van der Waals surface area contributed by atoms with Gasteiger partial charge in [-0.3, -0.25) is 4.79 Å². The molecule has 2 unspecified atom stereocenters. The van der Waals surface area contributed by atoms with Crippen molar-refractivity contribution in [3.8, 4) is 0 Å². The second kappa shape index (κ2) is 7.22. The predicted molar refractivity (Wildman–Crippen MR) is 83.3 cm³/mol. The summed E-state index contributed by atoms with van der Waals surface area (Å²) in [7, 11) is 0. The molecule has 1 saturated heterocycles. The normalized spacial score (nSPS) is 25.2. The maximum absolute atomic E-state index is 12.3. The number of cyclic esters (lactones) is 1. The van der Waals surface area contributed by atoms with Crippen molar-refractivity contribution in [3.05, 3.63) is 11.1 Å². The highest BCUT2D eigenvalue weighted by atomic mass is 32.1. The van der Waals surface area contributed by atoms with E-state index in [0.29, 0.717) is 24.6 Å². The van der Waals surface area contributed by atoms with E-state index in [2.05, 4.69) is 11.9 Å². The Morgan fingerprint density at radius 2 is 2.33 bits per heavy atom. The zero-order valence-electron chi connectivity index (χ0n) is 12.8. The smallest absolute Gasteiger partial charge is 0.318 e. The highest BCUT2D eigenvalue weighted by Crippen LogP contribution is 2.41. The van der Waals surface area contributed by atoms with Crippen molar-refractivity contribution >= 4 is 22.4 Å². The molecule has 1 aromatic heterocycles. The Bertz CT molecular complexity index is 477. The zero-order valence-corrected chi connectivity index (χ0v) is 13.6. The van der Waals surface area contributed by atoms with Crippen LogP contribution >= 0.6 is 11.3 Å². The first-order chi connectivity index (χ1) is 10.1. The van der Waals surface area contributed by atoms with Gasteiger partial charge in [-0.25, -0.2) is 4.98 Å². The molecule has 1 aliphatic rings. The molecule has 2 atom stereocenters. The minimum Gasteiger partial charge on any atom is -0.459 e. The molecular weight excluding hydrogens is 288 g/mol. The minimum atomic E-state index is -0.647. The standard InChI is InChI=1S/C15H24N2O3S/c1-3-5-6-7-19-9-11-8-15(4-2,13(18)20-11)12-10-21-14(16)17-12/h10-11H,3-9H2,1-2H3,(H2,16,17). The van der Waals surface area contributed by atoms with Crippen LogP contribution in [0, 0.1) is 0 Å². The highest BCUT2D eigenvalue weighted by molar-refractivity contribution is 7.13. The maximum atomic E-state index is 12.3. The predicted octanol–water partition coefficient (Wildman–Crippen LogP) is 2.90. The monoisotopic (exact) mass is 312 g/mol. The first-order valence-corrected chi connectivity index (χ1v) is 8.50. The highest BCUT2D eigenvalue weighted by Gasteiger charge is 2.50. The molecule has 0 amide bonds. The number of thiazole rings is 1. The SMILES string of the molecule is CCCCCOCC1CC(CC)(c2csc(N)n2)C(=O)O1. The lowest BCUT2D eigenvalue weighted by Crippen LogP contribution is -2.31. The van der Waals surface area contributed by atoms with Crippen LogP contribution in [0.2, 0.25) is 0 Å². The second-order valence-electron chi connectivity index (χ2n) is 5.52. The summed E-state index contributed by atoms with van der Waals surface area (Å²) >= 11 is 1.36. The van der Waals surface area contributed by atoms with Crippen molar-refractivity contribution in [2.24, 2.45) is 0 Å². The van der Waals surface area contributed by atoms with Crippen LogP contribution < -0.4 is 5.73 Å². The van der Waals surface area contributed by atoms with Gasteiger partial charge in [0.15, 0.2) is 5.13 Å². The summed E-state index contributed by atoms with van der Waals surface area (Å²) in [5, 5.41) is 2.36. The molecule has 0 aromatic carbocycles. The number of carbonyl (C=O) groups is 1. The van der Waals surface area contributed by atoms with Crippen LogP contribution in [-0.2, 0) is 19.7 Å². The van der Waals surface area contributed by atoms with E-state index in [1.807, 2.05) is 12.3 Å². The first-order valence-electron chi connectivity index (χ1n) is 7.62. The van der Waals surface area contributed by atoms with Crippen molar-refractivity contribution in [2.75, 3.05) is 18.9 Å². The second-order valence-corrected chi connectivity index (χ2v) is 6.41. The molecule has 2 heterocycles. The molecule has 5 nitrogen and oxygen atoms in total. The van der Waals surface area contributed by atoms with Crippen molar-refractivity contribution in [1.29, 1.82) is 0 Å². The number of hydrogen-bond acceptors (Lipinski definition) is 6. The van der Waals surface area contributed by atoms with Crippen LogP contribution in [0.15, 0.2) is 5.38 Å². The lowest BCUT2D eigenvalue weighted by molar-refractivity contribution is -0.147. The van der Waals surface area contributed by atoms with Gasteiger partial charge in [0.05, 0.1) is 12.3 Å². The van der Waals surface area contributed by atoms with E-state index >= 15 is 0 Å². The lowest BCUT2D eigenvalue weighted by Gasteiger charge is -2.20. The van der Waals surface area contributed by atoms with Crippen molar-refractivity contribution in [1.82, 2.24) is 4.98 Å². The topological polar surface area (TPSA) is 74.4 Å². The van der Waals surface area contributed by atoms with Gasteiger partial charge in [-0.15, -0.1) is 11.3 Å². The Labute approximate surface area is 129 Å². The number of esters is 1. The summed E-state index contributed by atoms with van der Waals surface area (Å²) in [6, 6.07) is 0. The molecule has 1 aromatic rings. The van der Waals surface area contributed by atoms with Gasteiger partial charge in [-0.1, -0.05) is 26.7 Å². The third-order valence-corrected chi connectivity index (χ3v) is 4.73. The van der Waals surface area contributed by atoms with Gasteiger partial charge < -0.3 is 15.2 Å². The number of nitrogens with zero attached hydrogens (tertiary/aromatic N) is 1. The van der Waals surface area contributed by atoms with Crippen LogP contribution in [0.5, 0.6) is 0 Å². The van der Waals surface area contributed by atoms with E-state index in [4.69, 9.17) is 15.2 Å². The lowest BCUT2D eigenvalue weighted by atomic mass is 9.79. The van der Waals surface area contributed by atoms with Gasteiger partial charge in [-0.05, 0) is 12.8 Å². The average molecular weight is 312 g/mol. The number of hydrogen-bond donors (Lipinski definition) is 1. The molecule has 2 N–H and O–H groups in total. The summed E-state index contributed by atoms with van der Waals surface area (Å²) in [6.45, 7) is 5.34. The molecule has 0 saturated carbocycles. The van der Waals surface area contributed by atoms with Gasteiger partial charge in [0.1, 0.15) is 11.5 Å². The summed E-state index contributed by atoms with van der Waals surface area (Å²) < 4.78 is 11.1. The van der Waals surface area contributed by atoms with E-state index in [9.17, 15) is 4.79 Å². The van der Waals surface area contributed by atoms with Gasteiger partial charge in [0.2, 0.25) is 0 Å². The Balaban J connectivity index is 1.94. The maximum Gasteiger partial charge on any atom is 0.318 e. The van der Waals surface area contributed by atoms with E-state index < -0.39 is 5.41 Å². The number of nitrogens with two attached hydrogens (primary N) is 1. The van der Waals surface area contributed by atoms with Gasteiger partial charge >= 0.3 is 5.97 Å². The van der Waals surface area contributed by atoms with Crippen molar-refractivity contribution in [3.63, 3.8) is 0 Å². The minimum absolute atomic E-state index is 0.179. The number of anilines is 1. The van der Waals surface area contributed by atoms with E-state index in [1.165, 1.54) is 24.2 Å². The van der Waals surface area contributed by atoms with E-state index in [-0.39, 0.29) is 12.1 Å². The summed E-state index contributed by atoms with van der Waals surface area (Å²) in [6.07, 6.45) is 4.51. The molecule has 0 aliphatic carbocycles. The van der Waals surface area contributed by atoms with Crippen LogP contribution in [0.25, 0.3) is 0 Å². The van der Waals surface area contributed by atoms with Crippen LogP contribution in [0.4, 0.5) is 5.13 Å². The Kier molecular flexibility index (Phi) is 5.58. The van der Waals surface area contributed by atoms with Gasteiger partial charge in [-0.2, -0.15) is 0 Å². The number of aromatic nitrogens is 1. The molecular formula is C15H24N2O3S. The average Bonchev–Trinajstić information content (AvgIpc) is 3.03. The summed E-state index contributed by atoms with van der Waals surface area (Å²) in [5.41, 5.74) is 5.79. The first kappa shape index (κ1) is 16.2. The Morgan fingerprint density at radius 1 is 1.52 bits per heavy atom. The van der Waals surface area contributed by atoms with Crippen molar-refractivity contribution < 1.29 is 14.3 Å². The quantitative estimate of drug-likeness (QED) is 0.590. The van der Waals surface area contributed by atoms with E-state index in [1.54, 1.807) is 0 Å². The largest absolute Gasteiger partial charge is 0.459 e. The van der Waals surface area contributed by atoms with Crippen LogP contribution in [-0.4, -0.2) is 30.3 Å². The van der Waals surface area contributed by atoms with Gasteiger partial charge in [0.25, 0.3) is 0 Å². The number of carbonyl (C=O) groups excluding carboxylic acids is 1. The molecule has 1 fully saturated rings. The number of unbranched alkanes of at least 4 members (excludes halogenated alkanes) is 2. The Hall–Kier alpha value is -1.14. The third kappa shape index (κ3) is 3.55. The molecule has 21 heavy (non-hydrogen) atoms. The molecule has 118 valence electrons. The molecule has 2 rings (SSSR count). The summed E-state index contributed by atoms with van der Waals surface area (Å²) in [5.74, 6) is -0.197. The van der Waals surface area contributed by atoms with Crippen molar-refractivity contribution in [2.45, 2.75) is 57.5 Å². The molecule has 0 spiro atoms. The molecule has 0 radical (unpaired) electrons. The number of ether oxygens (including phenoxy) is 2. The fourth-order valence-corrected chi connectivity index (χ4v) is 3.39. The fraction of sp³-hybridized carbons (Fsp3) is 0.733. The van der Waals surface area contributed by atoms with Crippen LogP contribution in [0.3, 0.4) is 0 Å². The molecule has 0 bridgehead atoms. The third-order valence-electron chi connectivity index (χ3n) is 4.05. The summed E-state index contributed by atoms with van der Waals surface area (Å²) in [4.78, 5) is 16.6. The van der Waals surface area contributed by atoms with Crippen LogP contribution in [0.1, 0.15) is 51.6 Å². The fourth-order valence-electron chi connectivity index (χ4n) is 2.73. The molecule has 6 heteroatoms. The Morgan fingerprint density at radius 3 is 2.95 bits per heavy atom. The van der Waals surface area contributed by atoms with Gasteiger partial charge in [0, 0.05) is 18.4 Å². The van der Waals surface area contributed by atoms with E-state index in [0.717, 1.165) is 18.7 Å². The number of nitrogen functional groups attached to an aromatic ring is 1. The number of rotatable bonds is 8. The molecule has 1 aliphatic heterocycles. The zero-order chi connectivity index (χ0) is 15.3.